The maximum atomic E-state index is 12.4. The van der Waals surface area contributed by atoms with E-state index in [0.29, 0.717) is 11.0 Å². The second kappa shape index (κ2) is 8.74. The molecule has 0 saturated heterocycles. The Bertz CT molecular complexity index is 1290. The fourth-order valence-corrected chi connectivity index (χ4v) is 6.22. The molecular weight excluding hydrogens is 458 g/mol. The number of aromatic nitrogens is 4. The Morgan fingerprint density at radius 2 is 1.90 bits per heavy atom. The molecule has 2 unspecified atom stereocenters. The lowest BCUT2D eigenvalue weighted by molar-refractivity contribution is -0.731. The van der Waals surface area contributed by atoms with Crippen molar-refractivity contribution in [1.82, 2.24) is 15.2 Å². The third-order valence-corrected chi connectivity index (χ3v) is 7.62. The summed E-state index contributed by atoms with van der Waals surface area (Å²) < 4.78 is 2.11. The maximum absolute atomic E-state index is 12.4. The van der Waals surface area contributed by atoms with E-state index in [9.17, 15) is 14.9 Å². The molecule has 2 aromatic carbocycles. The number of rotatable bonds is 4. The number of aromatic amines is 2. The van der Waals surface area contributed by atoms with Gasteiger partial charge in [-0.2, -0.15) is 5.10 Å². The number of hydrogen-bond acceptors (Lipinski definition) is 6. The molecule has 2 atom stereocenters. The summed E-state index contributed by atoms with van der Waals surface area (Å²) in [5.74, 6) is 0.775. The van der Waals surface area contributed by atoms with Crippen molar-refractivity contribution in [1.29, 1.82) is 0 Å². The fraction of sp³-hybridized carbons (Fsp3) is 0.150. The van der Waals surface area contributed by atoms with Crippen LogP contribution in [0.5, 0.6) is 0 Å². The van der Waals surface area contributed by atoms with Gasteiger partial charge in [-0.25, -0.2) is 9.55 Å². The van der Waals surface area contributed by atoms with E-state index in [1.807, 2.05) is 18.2 Å². The van der Waals surface area contributed by atoms with Gasteiger partial charge < -0.3 is 12.4 Å². The van der Waals surface area contributed by atoms with Gasteiger partial charge in [-0.3, -0.25) is 14.9 Å². The van der Waals surface area contributed by atoms with Crippen molar-refractivity contribution in [3.05, 3.63) is 86.8 Å². The highest BCUT2D eigenvalue weighted by molar-refractivity contribution is 8.03. The van der Waals surface area contributed by atoms with Crippen LogP contribution in [0.2, 0.25) is 0 Å². The molecule has 0 fully saturated rings. The molecule has 0 saturated carbocycles. The SMILES string of the molecule is O=c1[nH]c2[n+](c3[nH]ncc13)C(c1ccccc1)C(Sc1ccc([N+](=O)[O-])cc1)CS2.[Cl-]. The summed E-state index contributed by atoms with van der Waals surface area (Å²) in [6.45, 7) is 0. The van der Waals surface area contributed by atoms with E-state index in [-0.39, 0.29) is 34.9 Å². The molecule has 0 spiro atoms. The Balaban J connectivity index is 0.00000231. The highest BCUT2D eigenvalue weighted by Gasteiger charge is 2.38. The van der Waals surface area contributed by atoms with E-state index in [4.69, 9.17) is 0 Å². The van der Waals surface area contributed by atoms with Crippen LogP contribution in [0.3, 0.4) is 0 Å². The summed E-state index contributed by atoms with van der Waals surface area (Å²) in [6, 6.07) is 16.7. The minimum Gasteiger partial charge on any atom is -1.00 e. The van der Waals surface area contributed by atoms with Gasteiger partial charge in [-0.15, -0.1) is 16.9 Å². The van der Waals surface area contributed by atoms with Crippen molar-refractivity contribution in [2.24, 2.45) is 0 Å². The zero-order valence-electron chi connectivity index (χ0n) is 15.9. The van der Waals surface area contributed by atoms with E-state index in [0.717, 1.165) is 21.4 Å². The van der Waals surface area contributed by atoms with Gasteiger partial charge in [0.1, 0.15) is 6.04 Å². The minimum atomic E-state index is -0.394. The number of thioether (sulfide) groups is 2. The number of benzene rings is 2. The number of nitrogens with one attached hydrogen (secondary N) is 2. The van der Waals surface area contributed by atoms with Crippen LogP contribution in [-0.2, 0) is 0 Å². The number of fused-ring (bicyclic) bond motifs is 3. The zero-order valence-corrected chi connectivity index (χ0v) is 18.3. The molecule has 1 aliphatic rings. The Morgan fingerprint density at radius 1 is 1.16 bits per heavy atom. The summed E-state index contributed by atoms with van der Waals surface area (Å²) in [5.41, 5.74) is 1.72. The van der Waals surface area contributed by atoms with Crippen LogP contribution in [0.1, 0.15) is 11.6 Å². The maximum Gasteiger partial charge on any atom is 0.320 e. The average molecular weight is 474 g/mol. The predicted molar refractivity (Wildman–Crippen MR) is 115 cm³/mol. The lowest BCUT2D eigenvalue weighted by atomic mass is 10.0. The monoisotopic (exact) mass is 473 g/mol. The minimum absolute atomic E-state index is 0. The number of hydrogen-bond donors (Lipinski definition) is 2. The largest absolute Gasteiger partial charge is 1.00 e. The van der Waals surface area contributed by atoms with Gasteiger partial charge in [0.25, 0.3) is 16.5 Å². The lowest BCUT2D eigenvalue weighted by Crippen LogP contribution is -3.00. The normalized spacial score (nSPS) is 17.7. The van der Waals surface area contributed by atoms with Crippen molar-refractivity contribution < 1.29 is 21.9 Å². The highest BCUT2D eigenvalue weighted by atomic mass is 35.5. The first kappa shape index (κ1) is 21.4. The molecule has 4 aromatic rings. The van der Waals surface area contributed by atoms with Crippen LogP contribution in [-0.4, -0.2) is 31.1 Å². The number of H-pyrrole nitrogens is 2. The van der Waals surface area contributed by atoms with Crippen LogP contribution in [0, 0.1) is 10.1 Å². The third-order valence-electron chi connectivity index (χ3n) is 5.03. The molecule has 31 heavy (non-hydrogen) atoms. The van der Waals surface area contributed by atoms with E-state index in [1.54, 1.807) is 41.9 Å². The molecule has 0 radical (unpaired) electrons. The number of nitro benzene ring substituents is 1. The summed E-state index contributed by atoms with van der Waals surface area (Å²) >= 11 is 3.26. The van der Waals surface area contributed by atoms with Crippen molar-refractivity contribution in [3.63, 3.8) is 0 Å². The van der Waals surface area contributed by atoms with Gasteiger partial charge in [-0.1, -0.05) is 42.1 Å². The van der Waals surface area contributed by atoms with Gasteiger partial charge in [0.05, 0.1) is 16.4 Å². The molecule has 2 aromatic heterocycles. The van der Waals surface area contributed by atoms with Gasteiger partial charge in [0.2, 0.25) is 0 Å². The smallest absolute Gasteiger partial charge is 0.320 e. The fourth-order valence-electron chi connectivity index (χ4n) is 3.68. The molecule has 1 aliphatic heterocycles. The number of nitro groups is 1. The standard InChI is InChI=1S/C20H15N5O3S2.ClH/c26-19-15-10-21-23-18(15)24-17(12-4-2-1-3-5-12)16(11-29-20(24)22-19)30-14-8-6-13(7-9-14)25(27)28;/h1-10,16-17H,11H2,(H,21,23,26);1H. The molecular formula is C20H16ClN5O3S2. The van der Waals surface area contributed by atoms with E-state index in [1.165, 1.54) is 12.1 Å². The van der Waals surface area contributed by atoms with E-state index >= 15 is 0 Å². The molecule has 0 bridgehead atoms. The van der Waals surface area contributed by atoms with Crippen LogP contribution >= 0.6 is 23.5 Å². The van der Waals surface area contributed by atoms with Gasteiger partial charge in [0.15, 0.2) is 5.39 Å². The number of halogens is 1. The quantitative estimate of drug-likeness (QED) is 0.191. The summed E-state index contributed by atoms with van der Waals surface area (Å²) in [4.78, 5) is 26.9. The van der Waals surface area contributed by atoms with Crippen LogP contribution in [0.15, 0.2) is 75.6 Å². The van der Waals surface area contributed by atoms with Crippen LogP contribution in [0.25, 0.3) is 11.0 Å². The Hall–Kier alpha value is -2.82. The Kier molecular flexibility index (Phi) is 6.03. The van der Waals surface area contributed by atoms with Gasteiger partial charge in [-0.05, 0) is 17.7 Å². The summed E-state index contributed by atoms with van der Waals surface area (Å²) in [5, 5.41) is 19.5. The third kappa shape index (κ3) is 3.93. The highest BCUT2D eigenvalue weighted by Crippen LogP contribution is 2.39. The number of nitrogens with zero attached hydrogens (tertiary/aromatic N) is 3. The topological polar surface area (TPSA) is 109 Å². The summed E-state index contributed by atoms with van der Waals surface area (Å²) in [7, 11) is 0. The second-order valence-electron chi connectivity index (χ2n) is 6.84. The van der Waals surface area contributed by atoms with Crippen molar-refractivity contribution in [2.75, 3.05) is 5.75 Å². The van der Waals surface area contributed by atoms with E-state index < -0.39 is 4.92 Å². The van der Waals surface area contributed by atoms with Crippen molar-refractivity contribution in [3.8, 4) is 0 Å². The first-order valence-electron chi connectivity index (χ1n) is 9.21. The molecule has 3 heterocycles. The van der Waals surface area contributed by atoms with Gasteiger partial charge >= 0.3 is 5.56 Å². The Morgan fingerprint density at radius 3 is 2.61 bits per heavy atom. The molecule has 11 heteroatoms. The first-order chi connectivity index (χ1) is 14.6. The average Bonchev–Trinajstić information content (AvgIpc) is 3.26. The molecule has 5 rings (SSSR count). The molecule has 158 valence electrons. The number of non-ortho nitro benzene ring substituents is 1. The lowest BCUT2D eigenvalue weighted by Gasteiger charge is -2.31. The van der Waals surface area contributed by atoms with Gasteiger partial charge in [0, 0.05) is 22.8 Å². The predicted octanol–water partition coefficient (Wildman–Crippen LogP) is 0.307. The zero-order chi connectivity index (χ0) is 20.7. The first-order valence-corrected chi connectivity index (χ1v) is 11.1. The van der Waals surface area contributed by atoms with Crippen LogP contribution in [0.4, 0.5) is 5.69 Å². The second-order valence-corrected chi connectivity index (χ2v) is 9.16. The molecule has 0 aliphatic carbocycles. The van der Waals surface area contributed by atoms with E-state index in [2.05, 4.69) is 31.9 Å². The Labute approximate surface area is 191 Å². The molecule has 8 nitrogen and oxygen atoms in total. The van der Waals surface area contributed by atoms with Crippen molar-refractivity contribution in [2.45, 2.75) is 21.3 Å². The molecule has 2 N–H and O–H groups in total. The molecule has 0 amide bonds. The van der Waals surface area contributed by atoms with Crippen molar-refractivity contribution >= 4 is 40.2 Å². The van der Waals surface area contributed by atoms with Crippen LogP contribution < -0.4 is 22.5 Å². The summed E-state index contributed by atoms with van der Waals surface area (Å²) in [6.07, 6.45) is 1.54.